The molecule has 0 amide bonds. The first-order chi connectivity index (χ1) is 14.5. The number of anilines is 1. The predicted molar refractivity (Wildman–Crippen MR) is 125 cm³/mol. The van der Waals surface area contributed by atoms with Gasteiger partial charge >= 0.3 is 0 Å². The van der Waals surface area contributed by atoms with Crippen LogP contribution in [0.3, 0.4) is 0 Å². The van der Waals surface area contributed by atoms with Gasteiger partial charge in [-0.1, -0.05) is 12.5 Å². The van der Waals surface area contributed by atoms with Crippen molar-refractivity contribution >= 4 is 25.7 Å². The Kier molecular flexibility index (Phi) is 7.71. The molecule has 1 heterocycles. The fraction of sp³-hybridized carbons (Fsp3) is 0.727. The number of hydrogen-bond donors (Lipinski definition) is 2. The van der Waals surface area contributed by atoms with Crippen LogP contribution in [0.15, 0.2) is 29.2 Å². The van der Waals surface area contributed by atoms with Crippen molar-refractivity contribution in [2.24, 2.45) is 5.92 Å². The van der Waals surface area contributed by atoms with Crippen LogP contribution in [0.4, 0.5) is 5.69 Å². The third-order valence-electron chi connectivity index (χ3n) is 6.36. The van der Waals surface area contributed by atoms with Gasteiger partial charge in [-0.15, -0.1) is 0 Å². The van der Waals surface area contributed by atoms with Crippen LogP contribution < -0.4 is 10.0 Å². The molecule has 3 rings (SSSR count). The first kappa shape index (κ1) is 24.5. The Morgan fingerprint density at radius 2 is 1.61 bits per heavy atom. The second-order valence-corrected chi connectivity index (χ2v) is 14.2. The Hall–Kier alpha value is -1.16. The highest BCUT2D eigenvalue weighted by atomic mass is 32.2. The molecule has 2 fully saturated rings. The quantitative estimate of drug-likeness (QED) is 0.634. The third kappa shape index (κ3) is 6.21. The fourth-order valence-electron chi connectivity index (χ4n) is 4.16. The Bertz CT molecular complexity index is 941. The second kappa shape index (κ2) is 9.77. The molecule has 176 valence electrons. The molecule has 0 aromatic heterocycles. The van der Waals surface area contributed by atoms with Crippen LogP contribution in [0.5, 0.6) is 0 Å². The smallest absolute Gasteiger partial charge is 0.243 e. The average Bonchev–Trinajstić information content (AvgIpc) is 2.73. The van der Waals surface area contributed by atoms with Gasteiger partial charge in [0, 0.05) is 31.4 Å². The number of rotatable bonds is 7. The minimum atomic E-state index is -3.44. The maximum Gasteiger partial charge on any atom is 0.243 e. The molecule has 31 heavy (non-hydrogen) atoms. The fourth-order valence-corrected chi connectivity index (χ4v) is 6.76. The van der Waals surface area contributed by atoms with E-state index in [0.29, 0.717) is 23.9 Å². The summed E-state index contributed by atoms with van der Waals surface area (Å²) in [6.45, 7) is 7.09. The normalized spacial score (nSPS) is 24.1. The van der Waals surface area contributed by atoms with Gasteiger partial charge in [-0.3, -0.25) is 0 Å². The topological polar surface area (TPSA) is 95.6 Å². The van der Waals surface area contributed by atoms with E-state index in [-0.39, 0.29) is 6.04 Å². The molecule has 2 aliphatic rings. The summed E-state index contributed by atoms with van der Waals surface area (Å²) in [6, 6.07) is 7.09. The van der Waals surface area contributed by atoms with E-state index < -0.39 is 24.8 Å². The lowest BCUT2D eigenvalue weighted by Crippen LogP contribution is -2.46. The van der Waals surface area contributed by atoms with Crippen molar-refractivity contribution in [1.82, 2.24) is 9.03 Å². The van der Waals surface area contributed by atoms with E-state index >= 15 is 0 Å². The zero-order valence-corrected chi connectivity index (χ0v) is 20.6. The molecule has 0 unspecified atom stereocenters. The number of sulfonamides is 2. The molecule has 0 radical (unpaired) electrons. The van der Waals surface area contributed by atoms with E-state index in [0.717, 1.165) is 57.2 Å². The SMILES string of the molecule is CC(C)(C)S(=O)(=O)N[C@H]1CC[C@H](CNc2cccc(S(=O)(=O)N3CCCCC3)c2)CC1. The first-order valence-corrected chi connectivity index (χ1v) is 14.3. The Labute approximate surface area is 188 Å². The van der Waals surface area contributed by atoms with Crippen LogP contribution in [-0.4, -0.2) is 51.6 Å². The van der Waals surface area contributed by atoms with Crippen LogP contribution in [0, 0.1) is 5.92 Å². The van der Waals surface area contributed by atoms with Crippen LogP contribution >= 0.6 is 0 Å². The molecule has 2 N–H and O–H groups in total. The molecule has 0 atom stereocenters. The molecule has 7 nitrogen and oxygen atoms in total. The van der Waals surface area contributed by atoms with Crippen molar-refractivity contribution in [3.63, 3.8) is 0 Å². The Morgan fingerprint density at radius 1 is 0.968 bits per heavy atom. The average molecular weight is 472 g/mol. The summed E-state index contributed by atoms with van der Waals surface area (Å²) in [5.74, 6) is 0.442. The van der Waals surface area contributed by atoms with Crippen molar-refractivity contribution in [3.8, 4) is 0 Å². The lowest BCUT2D eigenvalue weighted by molar-refractivity contribution is 0.322. The minimum Gasteiger partial charge on any atom is -0.385 e. The summed E-state index contributed by atoms with van der Waals surface area (Å²) in [7, 11) is -6.76. The Morgan fingerprint density at radius 3 is 2.23 bits per heavy atom. The number of hydrogen-bond acceptors (Lipinski definition) is 5. The van der Waals surface area contributed by atoms with Gasteiger partial charge in [-0.2, -0.15) is 4.31 Å². The van der Waals surface area contributed by atoms with E-state index in [9.17, 15) is 16.8 Å². The lowest BCUT2D eigenvalue weighted by Gasteiger charge is -2.31. The van der Waals surface area contributed by atoms with Gasteiger partial charge < -0.3 is 5.32 Å². The highest BCUT2D eigenvalue weighted by Crippen LogP contribution is 2.28. The molecule has 1 aromatic carbocycles. The van der Waals surface area contributed by atoms with Crippen LogP contribution in [0.2, 0.25) is 0 Å². The zero-order valence-electron chi connectivity index (χ0n) is 18.9. The van der Waals surface area contributed by atoms with Crippen LogP contribution in [-0.2, 0) is 20.0 Å². The van der Waals surface area contributed by atoms with E-state index in [2.05, 4.69) is 10.0 Å². The van der Waals surface area contributed by atoms with Crippen molar-refractivity contribution in [3.05, 3.63) is 24.3 Å². The summed E-state index contributed by atoms with van der Waals surface area (Å²) < 4.78 is 54.2. The van der Waals surface area contributed by atoms with Gasteiger partial charge in [0.05, 0.1) is 9.64 Å². The van der Waals surface area contributed by atoms with E-state index in [1.54, 1.807) is 43.3 Å². The van der Waals surface area contributed by atoms with Gasteiger partial charge in [0.1, 0.15) is 0 Å². The maximum absolute atomic E-state index is 12.9. The van der Waals surface area contributed by atoms with Gasteiger partial charge in [0.15, 0.2) is 0 Å². The number of piperidine rings is 1. The maximum atomic E-state index is 12.9. The van der Waals surface area contributed by atoms with Crippen molar-refractivity contribution in [2.75, 3.05) is 25.0 Å². The number of nitrogens with zero attached hydrogens (tertiary/aromatic N) is 1. The van der Waals surface area contributed by atoms with Crippen molar-refractivity contribution in [1.29, 1.82) is 0 Å². The summed E-state index contributed by atoms with van der Waals surface area (Å²) in [5.41, 5.74) is 0.814. The van der Waals surface area contributed by atoms with Crippen molar-refractivity contribution in [2.45, 2.75) is 81.4 Å². The number of nitrogens with one attached hydrogen (secondary N) is 2. The molecule has 1 saturated heterocycles. The predicted octanol–water partition coefficient (Wildman–Crippen LogP) is 3.55. The molecule has 0 bridgehead atoms. The minimum absolute atomic E-state index is 0.00140. The summed E-state index contributed by atoms with van der Waals surface area (Å²) in [4.78, 5) is 0.347. The van der Waals surface area contributed by atoms with E-state index in [4.69, 9.17) is 0 Å². The Balaban J connectivity index is 1.52. The van der Waals surface area contributed by atoms with E-state index in [1.807, 2.05) is 6.07 Å². The second-order valence-electron chi connectivity index (χ2n) is 9.82. The first-order valence-electron chi connectivity index (χ1n) is 11.3. The van der Waals surface area contributed by atoms with Gasteiger partial charge in [-0.05, 0) is 83.4 Å². The highest BCUT2D eigenvalue weighted by Gasteiger charge is 2.33. The largest absolute Gasteiger partial charge is 0.385 e. The van der Waals surface area contributed by atoms with Crippen molar-refractivity contribution < 1.29 is 16.8 Å². The third-order valence-corrected chi connectivity index (χ3v) is 10.5. The van der Waals surface area contributed by atoms with E-state index in [1.165, 1.54) is 0 Å². The highest BCUT2D eigenvalue weighted by molar-refractivity contribution is 7.90. The van der Waals surface area contributed by atoms with Crippen LogP contribution in [0.25, 0.3) is 0 Å². The summed E-state index contributed by atoms with van der Waals surface area (Å²) in [6.07, 6.45) is 6.47. The van der Waals surface area contributed by atoms with Crippen LogP contribution in [0.1, 0.15) is 65.7 Å². The summed E-state index contributed by atoms with van der Waals surface area (Å²) >= 11 is 0. The number of benzene rings is 1. The van der Waals surface area contributed by atoms with Gasteiger partial charge in [0.25, 0.3) is 0 Å². The molecule has 1 aromatic rings. The lowest BCUT2D eigenvalue weighted by atomic mass is 9.86. The molecule has 0 spiro atoms. The molecule has 1 aliphatic carbocycles. The molecular formula is C22H37N3O4S2. The molecule has 9 heteroatoms. The molecule has 1 aliphatic heterocycles. The van der Waals surface area contributed by atoms with Gasteiger partial charge in [0.2, 0.25) is 20.0 Å². The molecular weight excluding hydrogens is 434 g/mol. The summed E-state index contributed by atoms with van der Waals surface area (Å²) in [5, 5.41) is 3.40. The zero-order chi connectivity index (χ0) is 22.7. The monoisotopic (exact) mass is 471 g/mol. The molecule has 1 saturated carbocycles. The standard InChI is InChI=1S/C22H37N3O4S2/c1-22(2,3)31(28,29)24-19-12-10-18(11-13-19)17-23-20-8-7-9-21(16-20)30(26,27)25-14-5-4-6-15-25/h7-9,16,18-19,23-24H,4-6,10-15,17H2,1-3H3/t18-,19-. The van der Waals surface area contributed by atoms with Gasteiger partial charge in [-0.25, -0.2) is 21.6 Å².